The first kappa shape index (κ1) is 14.8. The predicted octanol–water partition coefficient (Wildman–Crippen LogP) is 3.35. The lowest BCUT2D eigenvalue weighted by Crippen LogP contribution is -2.33. The highest BCUT2D eigenvalue weighted by Gasteiger charge is 2.28. The van der Waals surface area contributed by atoms with Gasteiger partial charge in [-0.3, -0.25) is 4.79 Å². The van der Waals surface area contributed by atoms with Gasteiger partial charge in [0.2, 0.25) is 5.91 Å². The van der Waals surface area contributed by atoms with E-state index in [2.05, 4.69) is 18.2 Å². The summed E-state index contributed by atoms with van der Waals surface area (Å²) in [7, 11) is 1.88. The molecule has 0 saturated heterocycles. The number of ether oxygens (including phenoxy) is 1. The van der Waals surface area contributed by atoms with Crippen molar-refractivity contribution in [2.75, 3.05) is 13.7 Å². The van der Waals surface area contributed by atoms with Gasteiger partial charge in [0.15, 0.2) is 0 Å². The predicted molar refractivity (Wildman–Crippen MR) is 86.4 cm³/mol. The third-order valence-corrected chi connectivity index (χ3v) is 4.30. The Hall–Kier alpha value is -2.13. The van der Waals surface area contributed by atoms with Crippen molar-refractivity contribution in [3.8, 4) is 0 Å². The monoisotopic (exact) mass is 295 g/mol. The molecule has 3 rings (SSSR count). The van der Waals surface area contributed by atoms with Crippen LogP contribution in [0.1, 0.15) is 29.2 Å². The highest BCUT2D eigenvalue weighted by molar-refractivity contribution is 5.77. The average Bonchev–Trinajstić information content (AvgIpc) is 2.99. The van der Waals surface area contributed by atoms with Crippen LogP contribution in [-0.4, -0.2) is 24.5 Å². The van der Waals surface area contributed by atoms with Crippen LogP contribution in [0.25, 0.3) is 0 Å². The molecule has 0 radical (unpaired) electrons. The van der Waals surface area contributed by atoms with Crippen LogP contribution in [0.4, 0.5) is 0 Å². The summed E-state index contributed by atoms with van der Waals surface area (Å²) < 4.78 is 5.56. The van der Waals surface area contributed by atoms with Crippen molar-refractivity contribution in [2.24, 2.45) is 0 Å². The first-order valence-corrected chi connectivity index (χ1v) is 7.71. The topological polar surface area (TPSA) is 29.5 Å². The smallest absolute Gasteiger partial charge is 0.248 e. The summed E-state index contributed by atoms with van der Waals surface area (Å²) in [6, 6.07) is 18.5. The van der Waals surface area contributed by atoms with E-state index in [-0.39, 0.29) is 18.6 Å². The number of likely N-dealkylation sites (N-methyl/N-ethyl adjacent to an activating group) is 1. The van der Waals surface area contributed by atoms with Gasteiger partial charge >= 0.3 is 0 Å². The average molecular weight is 295 g/mol. The Balaban J connectivity index is 1.54. The van der Waals surface area contributed by atoms with Crippen LogP contribution in [0, 0.1) is 0 Å². The minimum Gasteiger partial charge on any atom is -0.367 e. The van der Waals surface area contributed by atoms with Crippen LogP contribution < -0.4 is 0 Å². The maximum Gasteiger partial charge on any atom is 0.248 e. The Labute approximate surface area is 131 Å². The summed E-state index contributed by atoms with van der Waals surface area (Å²) in [5, 5.41) is 0. The lowest BCUT2D eigenvalue weighted by molar-refractivity contribution is -0.137. The second-order valence-electron chi connectivity index (χ2n) is 5.74. The summed E-state index contributed by atoms with van der Waals surface area (Å²) in [5.74, 6) is 0.0395. The Morgan fingerprint density at radius 2 is 1.86 bits per heavy atom. The van der Waals surface area contributed by atoms with E-state index in [1.54, 1.807) is 0 Å². The van der Waals surface area contributed by atoms with E-state index >= 15 is 0 Å². The zero-order chi connectivity index (χ0) is 15.4. The van der Waals surface area contributed by atoms with Crippen LogP contribution in [0.15, 0.2) is 54.6 Å². The molecule has 0 heterocycles. The number of fused-ring (bicyclic) bond motifs is 1. The molecule has 0 aliphatic heterocycles. The number of amides is 1. The summed E-state index contributed by atoms with van der Waals surface area (Å²) in [6.45, 7) is 0.603. The Morgan fingerprint density at radius 1 is 1.14 bits per heavy atom. The van der Waals surface area contributed by atoms with E-state index in [9.17, 15) is 4.79 Å². The number of carbonyl (C=O) groups is 1. The molecule has 2 aromatic carbocycles. The molecule has 0 N–H and O–H groups in total. The third kappa shape index (κ3) is 3.20. The first-order valence-electron chi connectivity index (χ1n) is 7.71. The molecule has 1 aliphatic rings. The molecule has 114 valence electrons. The quantitative estimate of drug-likeness (QED) is 0.846. The molecule has 0 bridgehead atoms. The van der Waals surface area contributed by atoms with E-state index in [1.165, 1.54) is 11.1 Å². The van der Waals surface area contributed by atoms with Crippen molar-refractivity contribution in [1.29, 1.82) is 0 Å². The highest BCUT2D eigenvalue weighted by Crippen LogP contribution is 2.34. The zero-order valence-corrected chi connectivity index (χ0v) is 12.9. The second kappa shape index (κ2) is 6.75. The van der Waals surface area contributed by atoms with Crippen molar-refractivity contribution in [2.45, 2.75) is 25.5 Å². The summed E-state index contributed by atoms with van der Waals surface area (Å²) in [6.07, 6.45) is 2.05. The van der Waals surface area contributed by atoms with Crippen LogP contribution in [0.5, 0.6) is 0 Å². The number of aryl methyl sites for hydroxylation is 1. The third-order valence-electron chi connectivity index (χ3n) is 4.30. The molecule has 3 heteroatoms. The molecule has 1 unspecified atom stereocenters. The van der Waals surface area contributed by atoms with Crippen molar-refractivity contribution in [3.05, 3.63) is 71.3 Å². The fraction of sp³-hybridized carbons (Fsp3) is 0.316. The van der Waals surface area contributed by atoms with E-state index < -0.39 is 0 Å². The van der Waals surface area contributed by atoms with Crippen LogP contribution in [0.2, 0.25) is 0 Å². The van der Waals surface area contributed by atoms with Crippen LogP contribution in [0.3, 0.4) is 0 Å². The minimum atomic E-state index is 0.0395. The van der Waals surface area contributed by atoms with Gasteiger partial charge in [-0.1, -0.05) is 54.6 Å². The van der Waals surface area contributed by atoms with E-state index in [1.807, 2.05) is 48.3 Å². The van der Waals surface area contributed by atoms with Crippen LogP contribution in [-0.2, 0) is 22.6 Å². The molecule has 3 nitrogen and oxygen atoms in total. The Bertz CT molecular complexity index is 639. The first-order chi connectivity index (χ1) is 10.8. The molecule has 1 amide bonds. The number of carbonyl (C=O) groups excluding carboxylic acids is 1. The molecular weight excluding hydrogens is 274 g/mol. The van der Waals surface area contributed by atoms with Gasteiger partial charge in [0.05, 0.1) is 12.6 Å². The lowest BCUT2D eigenvalue weighted by Gasteiger charge is -2.25. The fourth-order valence-electron chi connectivity index (χ4n) is 3.04. The summed E-state index contributed by atoms with van der Waals surface area (Å²) in [4.78, 5) is 14.2. The highest BCUT2D eigenvalue weighted by atomic mass is 16.5. The molecule has 2 aromatic rings. The van der Waals surface area contributed by atoms with Gasteiger partial charge in [-0.25, -0.2) is 0 Å². The van der Waals surface area contributed by atoms with Gasteiger partial charge in [0.25, 0.3) is 0 Å². The normalized spacial score (nSPS) is 16.3. The van der Waals surface area contributed by atoms with Gasteiger partial charge < -0.3 is 9.64 Å². The number of rotatable bonds is 5. The SMILES string of the molecule is CN(C(=O)COCc1ccccc1)C1CCc2ccccc21. The minimum absolute atomic E-state index is 0.0395. The molecule has 0 spiro atoms. The van der Waals surface area contributed by atoms with Crippen molar-refractivity contribution in [1.82, 2.24) is 4.90 Å². The van der Waals surface area contributed by atoms with Gasteiger partial charge in [-0.05, 0) is 29.5 Å². The molecule has 22 heavy (non-hydrogen) atoms. The standard InChI is InChI=1S/C19H21NO2/c1-20(18-12-11-16-9-5-6-10-17(16)18)19(21)14-22-13-15-7-3-2-4-8-15/h2-10,18H,11-14H2,1H3. The largest absolute Gasteiger partial charge is 0.367 e. The maximum absolute atomic E-state index is 12.3. The zero-order valence-electron chi connectivity index (χ0n) is 12.9. The Morgan fingerprint density at radius 3 is 2.68 bits per heavy atom. The Kier molecular flexibility index (Phi) is 4.54. The molecule has 0 saturated carbocycles. The second-order valence-corrected chi connectivity index (χ2v) is 5.74. The van der Waals surface area contributed by atoms with E-state index in [4.69, 9.17) is 4.74 Å². The van der Waals surface area contributed by atoms with Gasteiger partial charge in [0.1, 0.15) is 6.61 Å². The fourth-order valence-corrected chi connectivity index (χ4v) is 3.04. The molecule has 0 fully saturated rings. The lowest BCUT2D eigenvalue weighted by atomic mass is 10.1. The van der Waals surface area contributed by atoms with Crippen molar-refractivity contribution < 1.29 is 9.53 Å². The van der Waals surface area contributed by atoms with Crippen molar-refractivity contribution in [3.63, 3.8) is 0 Å². The van der Waals surface area contributed by atoms with Crippen molar-refractivity contribution >= 4 is 5.91 Å². The van der Waals surface area contributed by atoms with E-state index in [0.29, 0.717) is 6.61 Å². The molecule has 1 atom stereocenters. The number of benzene rings is 2. The molecular formula is C19H21NO2. The van der Waals surface area contributed by atoms with E-state index in [0.717, 1.165) is 18.4 Å². The van der Waals surface area contributed by atoms with Gasteiger partial charge in [-0.2, -0.15) is 0 Å². The van der Waals surface area contributed by atoms with Gasteiger partial charge in [-0.15, -0.1) is 0 Å². The number of nitrogens with zero attached hydrogens (tertiary/aromatic N) is 1. The summed E-state index contributed by atoms with van der Waals surface area (Å²) in [5.41, 5.74) is 3.72. The molecule has 1 aliphatic carbocycles. The number of hydrogen-bond acceptors (Lipinski definition) is 2. The summed E-state index contributed by atoms with van der Waals surface area (Å²) >= 11 is 0. The maximum atomic E-state index is 12.3. The number of hydrogen-bond donors (Lipinski definition) is 0. The molecule has 0 aromatic heterocycles. The van der Waals surface area contributed by atoms with Gasteiger partial charge in [0, 0.05) is 7.05 Å². The van der Waals surface area contributed by atoms with Crippen LogP contribution >= 0.6 is 0 Å².